The first-order chi connectivity index (χ1) is 14.6. The van der Waals surface area contributed by atoms with Crippen LogP contribution in [-0.2, 0) is 11.8 Å². The number of hydrogen-bond acceptors (Lipinski definition) is 6. The molecule has 2 aliphatic rings. The maximum Gasteiger partial charge on any atom is 0.264 e. The van der Waals surface area contributed by atoms with Gasteiger partial charge in [0.2, 0.25) is 0 Å². The van der Waals surface area contributed by atoms with E-state index in [2.05, 4.69) is 10.1 Å². The minimum atomic E-state index is -0.00989. The Bertz CT molecular complexity index is 1100. The van der Waals surface area contributed by atoms with E-state index >= 15 is 0 Å². The van der Waals surface area contributed by atoms with Crippen LogP contribution in [0.25, 0.3) is 10.2 Å². The van der Waals surface area contributed by atoms with Gasteiger partial charge >= 0.3 is 0 Å². The molecule has 3 aromatic rings. The van der Waals surface area contributed by atoms with Crippen molar-refractivity contribution in [2.75, 3.05) is 39.4 Å². The van der Waals surface area contributed by atoms with Crippen molar-refractivity contribution in [3.8, 4) is 0 Å². The lowest BCUT2D eigenvalue weighted by Gasteiger charge is -2.27. The second-order valence-electron chi connectivity index (χ2n) is 7.74. The monoisotopic (exact) mass is 425 g/mol. The maximum atomic E-state index is 13.3. The zero-order valence-corrected chi connectivity index (χ0v) is 17.6. The van der Waals surface area contributed by atoms with Gasteiger partial charge in [0.05, 0.1) is 29.9 Å². The molecule has 5 rings (SSSR count). The Balaban J connectivity index is 1.46. The van der Waals surface area contributed by atoms with Gasteiger partial charge in [0, 0.05) is 56.9 Å². The highest BCUT2D eigenvalue weighted by atomic mass is 32.1. The van der Waals surface area contributed by atoms with E-state index in [0.29, 0.717) is 45.0 Å². The summed E-state index contributed by atoms with van der Waals surface area (Å²) in [5, 5.41) is 5.14. The highest BCUT2D eigenvalue weighted by molar-refractivity contribution is 7.20. The average molecular weight is 426 g/mol. The van der Waals surface area contributed by atoms with Gasteiger partial charge in [-0.2, -0.15) is 5.10 Å². The van der Waals surface area contributed by atoms with Crippen molar-refractivity contribution in [1.82, 2.24) is 24.6 Å². The molecule has 8 nitrogen and oxygen atoms in total. The van der Waals surface area contributed by atoms with Crippen LogP contribution in [0, 0.1) is 0 Å². The summed E-state index contributed by atoms with van der Waals surface area (Å²) in [5.74, 6) is 0.154. The van der Waals surface area contributed by atoms with E-state index in [4.69, 9.17) is 4.74 Å². The predicted octanol–water partition coefficient (Wildman–Crippen LogP) is 2.13. The Morgan fingerprint density at radius 1 is 1.17 bits per heavy atom. The summed E-state index contributed by atoms with van der Waals surface area (Å²) in [4.78, 5) is 36.1. The number of pyridine rings is 1. The summed E-state index contributed by atoms with van der Waals surface area (Å²) in [6.07, 6.45) is 5.94. The predicted molar refractivity (Wildman–Crippen MR) is 113 cm³/mol. The smallest absolute Gasteiger partial charge is 0.264 e. The number of likely N-dealkylation sites (tertiary alicyclic amines) is 1. The van der Waals surface area contributed by atoms with Gasteiger partial charge in [0.15, 0.2) is 0 Å². The molecular formula is C21H23N5O3S. The van der Waals surface area contributed by atoms with Crippen LogP contribution in [-0.4, -0.2) is 75.8 Å². The summed E-state index contributed by atoms with van der Waals surface area (Å²) in [6, 6.07) is 3.95. The first-order valence-corrected chi connectivity index (χ1v) is 11.0. The fraction of sp³-hybridized carbons (Fsp3) is 0.429. The third-order valence-corrected chi connectivity index (χ3v) is 6.95. The topological polar surface area (TPSA) is 80.6 Å². The number of carbonyl (C=O) groups excluding carboxylic acids is 2. The van der Waals surface area contributed by atoms with Crippen LogP contribution in [0.15, 0.2) is 30.7 Å². The van der Waals surface area contributed by atoms with Gasteiger partial charge in [0.25, 0.3) is 11.8 Å². The summed E-state index contributed by atoms with van der Waals surface area (Å²) in [5.41, 5.74) is 1.64. The molecule has 0 N–H and O–H groups in total. The number of nitrogens with zero attached hydrogens (tertiary/aromatic N) is 5. The summed E-state index contributed by atoms with van der Waals surface area (Å²) in [6.45, 7) is 3.62. The highest BCUT2D eigenvalue weighted by Crippen LogP contribution is 2.40. The fourth-order valence-corrected chi connectivity index (χ4v) is 5.52. The Hall–Kier alpha value is -2.78. The van der Waals surface area contributed by atoms with Gasteiger partial charge < -0.3 is 14.5 Å². The molecule has 2 saturated heterocycles. The van der Waals surface area contributed by atoms with Crippen LogP contribution >= 0.6 is 11.3 Å². The van der Waals surface area contributed by atoms with Crippen molar-refractivity contribution in [3.63, 3.8) is 0 Å². The molecule has 0 radical (unpaired) electrons. The molecule has 0 bridgehead atoms. The average Bonchev–Trinajstić information content (AvgIpc) is 3.51. The number of amides is 2. The normalized spacial score (nSPS) is 19.6. The SMILES string of the molecule is Cn1cc(C(=O)N2CCC(c3c(C(=O)N4CCOCC4)sc4ncccc34)C2)cn1. The molecule has 5 heterocycles. The Kier molecular flexibility index (Phi) is 5.00. The van der Waals surface area contributed by atoms with Crippen molar-refractivity contribution in [2.45, 2.75) is 12.3 Å². The van der Waals surface area contributed by atoms with Crippen molar-refractivity contribution >= 4 is 33.4 Å². The van der Waals surface area contributed by atoms with Gasteiger partial charge in [-0.05, 0) is 18.1 Å². The molecule has 1 atom stereocenters. The molecule has 30 heavy (non-hydrogen) atoms. The number of fused-ring (bicyclic) bond motifs is 1. The van der Waals surface area contributed by atoms with Crippen LogP contribution in [0.2, 0.25) is 0 Å². The summed E-state index contributed by atoms with van der Waals surface area (Å²) in [7, 11) is 1.80. The molecule has 3 aromatic heterocycles. The zero-order chi connectivity index (χ0) is 20.7. The van der Waals surface area contributed by atoms with Crippen molar-refractivity contribution < 1.29 is 14.3 Å². The first kappa shape index (κ1) is 19.2. The van der Waals surface area contributed by atoms with Gasteiger partial charge in [-0.3, -0.25) is 14.3 Å². The third kappa shape index (κ3) is 3.37. The van der Waals surface area contributed by atoms with E-state index in [9.17, 15) is 9.59 Å². The largest absolute Gasteiger partial charge is 0.378 e. The van der Waals surface area contributed by atoms with E-state index in [1.165, 1.54) is 11.3 Å². The minimum absolute atomic E-state index is 0.00989. The number of morpholine rings is 1. The van der Waals surface area contributed by atoms with Gasteiger partial charge in [0.1, 0.15) is 4.83 Å². The van der Waals surface area contributed by atoms with Gasteiger partial charge in [-0.25, -0.2) is 4.98 Å². The lowest BCUT2D eigenvalue weighted by Crippen LogP contribution is -2.40. The molecule has 0 spiro atoms. The summed E-state index contributed by atoms with van der Waals surface area (Å²) >= 11 is 1.46. The van der Waals surface area contributed by atoms with Crippen molar-refractivity contribution in [2.24, 2.45) is 7.05 Å². The molecule has 2 fully saturated rings. The lowest BCUT2D eigenvalue weighted by atomic mass is 9.95. The van der Waals surface area contributed by atoms with Crippen LogP contribution < -0.4 is 0 Å². The standard InChI is InChI=1S/C21H23N5O3S/c1-24-12-15(11-23-24)20(27)26-6-4-14(13-26)17-16-3-2-5-22-19(16)30-18(17)21(28)25-7-9-29-10-8-25/h2-3,5,11-12,14H,4,6-10,13H2,1H3. The molecular weight excluding hydrogens is 402 g/mol. The molecule has 0 aliphatic carbocycles. The minimum Gasteiger partial charge on any atom is -0.378 e. The van der Waals surface area contributed by atoms with E-state index in [1.54, 1.807) is 30.3 Å². The quantitative estimate of drug-likeness (QED) is 0.642. The number of aryl methyl sites for hydroxylation is 1. The molecule has 9 heteroatoms. The van der Waals surface area contributed by atoms with Crippen molar-refractivity contribution in [3.05, 3.63) is 46.7 Å². The molecule has 0 aromatic carbocycles. The van der Waals surface area contributed by atoms with Gasteiger partial charge in [-0.15, -0.1) is 11.3 Å². The molecule has 156 valence electrons. The summed E-state index contributed by atoms with van der Waals surface area (Å²) < 4.78 is 7.04. The lowest BCUT2D eigenvalue weighted by molar-refractivity contribution is 0.0305. The number of aromatic nitrogens is 3. The molecule has 2 amide bonds. The first-order valence-electron chi connectivity index (χ1n) is 10.1. The second-order valence-corrected chi connectivity index (χ2v) is 8.74. The van der Waals surface area contributed by atoms with E-state index < -0.39 is 0 Å². The van der Waals surface area contributed by atoms with E-state index in [-0.39, 0.29) is 17.7 Å². The van der Waals surface area contributed by atoms with Crippen LogP contribution in [0.3, 0.4) is 0 Å². The number of carbonyl (C=O) groups is 2. The molecule has 1 unspecified atom stereocenters. The number of thiophene rings is 1. The van der Waals surface area contributed by atoms with E-state index in [0.717, 1.165) is 27.1 Å². The number of rotatable bonds is 3. The molecule has 0 saturated carbocycles. The van der Waals surface area contributed by atoms with Gasteiger partial charge in [-0.1, -0.05) is 6.07 Å². The Labute approximate surface area is 178 Å². The van der Waals surface area contributed by atoms with Crippen LogP contribution in [0.5, 0.6) is 0 Å². The highest BCUT2D eigenvalue weighted by Gasteiger charge is 2.34. The fourth-order valence-electron chi connectivity index (χ4n) is 4.32. The second kappa shape index (κ2) is 7.81. The zero-order valence-electron chi connectivity index (χ0n) is 16.8. The van der Waals surface area contributed by atoms with Crippen LogP contribution in [0.1, 0.15) is 37.9 Å². The third-order valence-electron chi connectivity index (χ3n) is 5.83. The molecule has 2 aliphatic heterocycles. The van der Waals surface area contributed by atoms with E-state index in [1.807, 2.05) is 21.9 Å². The Morgan fingerprint density at radius 2 is 2.00 bits per heavy atom. The number of hydrogen-bond donors (Lipinski definition) is 0. The van der Waals surface area contributed by atoms with Crippen LogP contribution in [0.4, 0.5) is 0 Å². The van der Waals surface area contributed by atoms with Crippen molar-refractivity contribution in [1.29, 1.82) is 0 Å². The maximum absolute atomic E-state index is 13.3. The Morgan fingerprint density at radius 3 is 2.77 bits per heavy atom. The number of ether oxygens (including phenoxy) is 1.